The van der Waals surface area contributed by atoms with Gasteiger partial charge in [0.1, 0.15) is 5.82 Å². The van der Waals surface area contributed by atoms with Gasteiger partial charge < -0.3 is 10.3 Å². The standard InChI is InChI=1S/C12H11FN4S/c13-8-1-2-10-11(5-8)17-12(16-10)14-4-3-9-6-18-7-15-9/h1-2,5-7H,3-4H2,(H2,14,16,17). The lowest BCUT2D eigenvalue weighted by molar-refractivity contribution is 0.629. The first-order valence-corrected chi connectivity index (χ1v) is 6.52. The fourth-order valence-corrected chi connectivity index (χ4v) is 2.33. The number of hydrogen-bond acceptors (Lipinski definition) is 4. The van der Waals surface area contributed by atoms with Crippen LogP contribution in [0.4, 0.5) is 10.3 Å². The van der Waals surface area contributed by atoms with Crippen molar-refractivity contribution in [2.45, 2.75) is 6.42 Å². The van der Waals surface area contributed by atoms with Crippen LogP contribution in [-0.4, -0.2) is 21.5 Å². The van der Waals surface area contributed by atoms with E-state index >= 15 is 0 Å². The van der Waals surface area contributed by atoms with Crippen molar-refractivity contribution in [3.63, 3.8) is 0 Å². The molecule has 0 aliphatic heterocycles. The van der Waals surface area contributed by atoms with Crippen LogP contribution in [0.1, 0.15) is 5.69 Å². The van der Waals surface area contributed by atoms with Gasteiger partial charge in [-0.05, 0) is 18.2 Å². The Kier molecular flexibility index (Phi) is 2.93. The maximum absolute atomic E-state index is 13.0. The zero-order chi connectivity index (χ0) is 12.4. The Bertz CT molecular complexity index is 647. The van der Waals surface area contributed by atoms with Gasteiger partial charge >= 0.3 is 0 Å². The minimum atomic E-state index is -0.264. The molecule has 0 bridgehead atoms. The first-order valence-electron chi connectivity index (χ1n) is 5.57. The topological polar surface area (TPSA) is 53.6 Å². The lowest BCUT2D eigenvalue weighted by Crippen LogP contribution is -2.06. The SMILES string of the molecule is Fc1ccc2nc(NCCc3cscn3)[nH]c2c1. The summed E-state index contributed by atoms with van der Waals surface area (Å²) in [6, 6.07) is 4.50. The molecule has 0 saturated heterocycles. The molecule has 2 heterocycles. The van der Waals surface area contributed by atoms with Crippen molar-refractivity contribution in [3.8, 4) is 0 Å². The van der Waals surface area contributed by atoms with Gasteiger partial charge in [-0.1, -0.05) is 0 Å². The number of imidazole rings is 1. The van der Waals surface area contributed by atoms with E-state index in [0.29, 0.717) is 11.5 Å². The average Bonchev–Trinajstić information content (AvgIpc) is 2.97. The minimum Gasteiger partial charge on any atom is -0.355 e. The summed E-state index contributed by atoms with van der Waals surface area (Å²) < 4.78 is 13.0. The van der Waals surface area contributed by atoms with Gasteiger partial charge in [0.05, 0.1) is 22.2 Å². The van der Waals surface area contributed by atoms with E-state index in [9.17, 15) is 4.39 Å². The number of fused-ring (bicyclic) bond motifs is 1. The molecule has 0 amide bonds. The average molecular weight is 262 g/mol. The molecule has 3 aromatic rings. The molecule has 0 atom stereocenters. The third-order valence-corrected chi connectivity index (χ3v) is 3.24. The molecule has 18 heavy (non-hydrogen) atoms. The monoisotopic (exact) mass is 262 g/mol. The summed E-state index contributed by atoms with van der Waals surface area (Å²) >= 11 is 1.59. The molecule has 0 unspecified atom stereocenters. The molecule has 6 heteroatoms. The van der Waals surface area contributed by atoms with E-state index < -0.39 is 0 Å². The number of H-pyrrole nitrogens is 1. The van der Waals surface area contributed by atoms with Gasteiger partial charge in [0.25, 0.3) is 0 Å². The number of nitrogens with one attached hydrogen (secondary N) is 2. The van der Waals surface area contributed by atoms with Crippen LogP contribution in [0.5, 0.6) is 0 Å². The first-order chi connectivity index (χ1) is 8.81. The molecule has 2 N–H and O–H groups in total. The molecular formula is C12H11FN4S. The Hall–Kier alpha value is -1.95. The van der Waals surface area contributed by atoms with Crippen LogP contribution in [0.2, 0.25) is 0 Å². The van der Waals surface area contributed by atoms with Crippen molar-refractivity contribution in [1.82, 2.24) is 15.0 Å². The van der Waals surface area contributed by atoms with Gasteiger partial charge in [0.15, 0.2) is 0 Å². The van der Waals surface area contributed by atoms with Gasteiger partial charge in [-0.2, -0.15) is 0 Å². The van der Waals surface area contributed by atoms with Crippen LogP contribution < -0.4 is 5.32 Å². The van der Waals surface area contributed by atoms with Crippen LogP contribution in [0.25, 0.3) is 11.0 Å². The third kappa shape index (κ3) is 2.33. The highest BCUT2D eigenvalue weighted by Crippen LogP contribution is 2.15. The second-order valence-corrected chi connectivity index (χ2v) is 4.62. The highest BCUT2D eigenvalue weighted by atomic mass is 32.1. The molecule has 0 spiro atoms. The minimum absolute atomic E-state index is 0.264. The van der Waals surface area contributed by atoms with Crippen LogP contribution in [0.3, 0.4) is 0 Å². The van der Waals surface area contributed by atoms with Crippen molar-refractivity contribution in [3.05, 3.63) is 40.6 Å². The summed E-state index contributed by atoms with van der Waals surface area (Å²) in [6.07, 6.45) is 0.842. The predicted octanol–water partition coefficient (Wildman–Crippen LogP) is 2.81. The van der Waals surface area contributed by atoms with Gasteiger partial charge in [0.2, 0.25) is 5.95 Å². The van der Waals surface area contributed by atoms with E-state index in [0.717, 1.165) is 24.2 Å². The maximum Gasteiger partial charge on any atom is 0.201 e. The molecule has 0 aliphatic carbocycles. The van der Waals surface area contributed by atoms with E-state index in [2.05, 4.69) is 20.3 Å². The van der Waals surface area contributed by atoms with Gasteiger partial charge in [-0.15, -0.1) is 11.3 Å². The zero-order valence-electron chi connectivity index (χ0n) is 9.48. The largest absolute Gasteiger partial charge is 0.355 e. The molecular weight excluding hydrogens is 251 g/mol. The van der Waals surface area contributed by atoms with E-state index in [4.69, 9.17) is 0 Å². The fraction of sp³-hybridized carbons (Fsp3) is 0.167. The lowest BCUT2D eigenvalue weighted by Gasteiger charge is -1.99. The number of anilines is 1. The fourth-order valence-electron chi connectivity index (χ4n) is 1.74. The Balaban J connectivity index is 1.67. The number of aromatic nitrogens is 3. The van der Waals surface area contributed by atoms with Crippen molar-refractivity contribution in [1.29, 1.82) is 0 Å². The summed E-state index contributed by atoms with van der Waals surface area (Å²) in [7, 11) is 0. The summed E-state index contributed by atoms with van der Waals surface area (Å²) in [4.78, 5) is 11.6. The number of aromatic amines is 1. The first kappa shape index (κ1) is 11.2. The Labute approximate surface area is 107 Å². The summed E-state index contributed by atoms with van der Waals surface area (Å²) in [5.74, 6) is 0.394. The second-order valence-electron chi connectivity index (χ2n) is 3.90. The Morgan fingerprint density at radius 2 is 2.33 bits per heavy atom. The number of benzene rings is 1. The molecule has 0 fully saturated rings. The van der Waals surface area contributed by atoms with Gasteiger partial charge in [0, 0.05) is 18.3 Å². The van der Waals surface area contributed by atoms with Gasteiger partial charge in [-0.3, -0.25) is 0 Å². The molecule has 92 valence electrons. The highest BCUT2D eigenvalue weighted by Gasteiger charge is 2.03. The number of hydrogen-bond donors (Lipinski definition) is 2. The van der Waals surface area contributed by atoms with Crippen molar-refractivity contribution >= 4 is 28.3 Å². The lowest BCUT2D eigenvalue weighted by atomic mass is 10.3. The number of rotatable bonds is 4. The molecule has 1 aromatic carbocycles. The van der Waals surface area contributed by atoms with Gasteiger partial charge in [-0.25, -0.2) is 14.4 Å². The van der Waals surface area contributed by atoms with Crippen LogP contribution >= 0.6 is 11.3 Å². The van der Waals surface area contributed by atoms with Crippen molar-refractivity contribution < 1.29 is 4.39 Å². The quantitative estimate of drug-likeness (QED) is 0.760. The number of thiazole rings is 1. The van der Waals surface area contributed by atoms with Crippen molar-refractivity contribution in [2.24, 2.45) is 0 Å². The van der Waals surface area contributed by atoms with Crippen LogP contribution in [-0.2, 0) is 6.42 Å². The Morgan fingerprint density at radius 3 is 3.17 bits per heavy atom. The highest BCUT2D eigenvalue weighted by molar-refractivity contribution is 7.07. The molecule has 0 aliphatic rings. The summed E-state index contributed by atoms with van der Waals surface area (Å²) in [5, 5.41) is 5.19. The smallest absolute Gasteiger partial charge is 0.201 e. The van der Waals surface area contributed by atoms with Crippen LogP contribution in [0.15, 0.2) is 29.1 Å². The zero-order valence-corrected chi connectivity index (χ0v) is 10.3. The molecule has 4 nitrogen and oxygen atoms in total. The maximum atomic E-state index is 13.0. The van der Waals surface area contributed by atoms with E-state index in [1.807, 2.05) is 10.9 Å². The summed E-state index contributed by atoms with van der Waals surface area (Å²) in [6.45, 7) is 0.742. The van der Waals surface area contributed by atoms with Crippen LogP contribution in [0, 0.1) is 5.82 Å². The molecule has 0 radical (unpaired) electrons. The Morgan fingerprint density at radius 1 is 1.39 bits per heavy atom. The van der Waals surface area contributed by atoms with E-state index in [-0.39, 0.29) is 5.82 Å². The van der Waals surface area contributed by atoms with E-state index in [1.54, 1.807) is 17.4 Å². The summed E-state index contributed by atoms with van der Waals surface area (Å²) in [5.41, 5.74) is 4.34. The predicted molar refractivity (Wildman–Crippen MR) is 70.4 cm³/mol. The number of nitrogens with zero attached hydrogens (tertiary/aromatic N) is 2. The molecule has 0 saturated carbocycles. The normalized spacial score (nSPS) is 10.9. The third-order valence-electron chi connectivity index (χ3n) is 2.60. The van der Waals surface area contributed by atoms with E-state index in [1.165, 1.54) is 12.1 Å². The van der Waals surface area contributed by atoms with Crippen molar-refractivity contribution in [2.75, 3.05) is 11.9 Å². The number of halogens is 1. The molecule has 2 aromatic heterocycles. The molecule has 3 rings (SSSR count). The second kappa shape index (κ2) is 4.73.